The van der Waals surface area contributed by atoms with Crippen LogP contribution >= 0.6 is 0 Å². The number of aliphatic hydroxyl groups excluding tert-OH is 2. The van der Waals surface area contributed by atoms with Crippen LogP contribution in [0.4, 0.5) is 0 Å². The highest BCUT2D eigenvalue weighted by atomic mass is 16.5. The predicted octanol–water partition coefficient (Wildman–Crippen LogP) is -0.204. The molecule has 1 aromatic heterocycles. The standard InChI is InChI=1S/C19H25N3O5/c1-27-19(26)17(6-12-8-20-16-5-3-2-4-15(12)16)21-18(25)11-22-9-13(23)7-14(24)10-22/h2-5,8,13-14,17,20,23-24H,6-7,9-11H2,1H3,(H,21,25)/t13-,14+,17?. The molecule has 0 spiro atoms. The molecule has 2 aromatic rings. The van der Waals surface area contributed by atoms with Crippen molar-refractivity contribution in [3.8, 4) is 0 Å². The van der Waals surface area contributed by atoms with Crippen LogP contribution in [0.3, 0.4) is 0 Å². The van der Waals surface area contributed by atoms with Crippen molar-refractivity contribution in [1.29, 1.82) is 0 Å². The number of aromatic nitrogens is 1. The normalized spacial score (nSPS) is 21.7. The molecule has 1 aliphatic rings. The molecule has 1 unspecified atom stereocenters. The zero-order valence-electron chi connectivity index (χ0n) is 15.2. The quantitative estimate of drug-likeness (QED) is 0.520. The van der Waals surface area contributed by atoms with Gasteiger partial charge in [0.2, 0.25) is 5.91 Å². The lowest BCUT2D eigenvalue weighted by atomic mass is 10.0. The topological polar surface area (TPSA) is 115 Å². The molecule has 3 atom stereocenters. The number of para-hydroxylation sites is 1. The molecule has 8 heteroatoms. The van der Waals surface area contributed by atoms with Gasteiger partial charge < -0.3 is 25.3 Å². The van der Waals surface area contributed by atoms with E-state index in [0.29, 0.717) is 25.9 Å². The van der Waals surface area contributed by atoms with Gasteiger partial charge in [0.05, 0.1) is 25.9 Å². The van der Waals surface area contributed by atoms with E-state index in [0.717, 1.165) is 16.5 Å². The van der Waals surface area contributed by atoms with Crippen LogP contribution in [0.1, 0.15) is 12.0 Å². The first-order valence-electron chi connectivity index (χ1n) is 8.97. The molecule has 2 heterocycles. The second kappa shape index (κ2) is 8.51. The number of likely N-dealkylation sites (tertiary alicyclic amines) is 1. The maximum absolute atomic E-state index is 12.4. The lowest BCUT2D eigenvalue weighted by molar-refractivity contribution is -0.145. The summed E-state index contributed by atoms with van der Waals surface area (Å²) in [6.07, 6.45) is 1.11. The largest absolute Gasteiger partial charge is 0.467 e. The number of nitrogens with one attached hydrogen (secondary N) is 2. The molecule has 4 N–H and O–H groups in total. The van der Waals surface area contributed by atoms with Crippen LogP contribution in [-0.4, -0.2) is 77.0 Å². The van der Waals surface area contributed by atoms with Gasteiger partial charge in [0, 0.05) is 43.0 Å². The molecule has 1 saturated heterocycles. The van der Waals surface area contributed by atoms with E-state index >= 15 is 0 Å². The molecule has 27 heavy (non-hydrogen) atoms. The monoisotopic (exact) mass is 375 g/mol. The molecule has 0 saturated carbocycles. The Morgan fingerprint density at radius 1 is 1.30 bits per heavy atom. The fraction of sp³-hybridized carbons (Fsp3) is 0.474. The number of piperidine rings is 1. The Morgan fingerprint density at radius 2 is 2.00 bits per heavy atom. The Hall–Kier alpha value is -2.42. The van der Waals surface area contributed by atoms with Crippen molar-refractivity contribution >= 4 is 22.8 Å². The van der Waals surface area contributed by atoms with Gasteiger partial charge in [-0.05, 0) is 11.6 Å². The third-order valence-electron chi connectivity index (χ3n) is 4.77. The van der Waals surface area contributed by atoms with Gasteiger partial charge in [-0.2, -0.15) is 0 Å². The number of fused-ring (bicyclic) bond motifs is 1. The SMILES string of the molecule is COC(=O)C(Cc1c[nH]c2ccccc12)NC(=O)CN1C[C@H](O)C[C@H](O)C1. The Bertz CT molecular complexity index is 795. The number of carbonyl (C=O) groups excluding carboxylic acids is 2. The molecule has 146 valence electrons. The van der Waals surface area contributed by atoms with Gasteiger partial charge in [-0.1, -0.05) is 18.2 Å². The molecule has 0 aliphatic carbocycles. The summed E-state index contributed by atoms with van der Waals surface area (Å²) in [6.45, 7) is 0.626. The number of amides is 1. The van der Waals surface area contributed by atoms with E-state index in [2.05, 4.69) is 10.3 Å². The van der Waals surface area contributed by atoms with Gasteiger partial charge in [0.1, 0.15) is 6.04 Å². The van der Waals surface area contributed by atoms with Gasteiger partial charge >= 0.3 is 5.97 Å². The lowest BCUT2D eigenvalue weighted by Crippen LogP contribution is -2.52. The van der Waals surface area contributed by atoms with Crippen LogP contribution in [0.5, 0.6) is 0 Å². The first-order valence-corrected chi connectivity index (χ1v) is 8.97. The fourth-order valence-electron chi connectivity index (χ4n) is 3.56. The number of ether oxygens (including phenoxy) is 1. The molecule has 1 fully saturated rings. The van der Waals surface area contributed by atoms with E-state index in [1.54, 1.807) is 4.90 Å². The van der Waals surface area contributed by atoms with E-state index in [4.69, 9.17) is 4.74 Å². The summed E-state index contributed by atoms with van der Waals surface area (Å²) in [5.74, 6) is -0.876. The number of aliphatic hydroxyl groups is 2. The highest BCUT2D eigenvalue weighted by molar-refractivity contribution is 5.87. The second-order valence-electron chi connectivity index (χ2n) is 6.94. The van der Waals surface area contributed by atoms with Crippen molar-refractivity contribution in [1.82, 2.24) is 15.2 Å². The Kier molecular flexibility index (Phi) is 6.10. The van der Waals surface area contributed by atoms with Crippen molar-refractivity contribution in [3.05, 3.63) is 36.0 Å². The number of carbonyl (C=O) groups is 2. The van der Waals surface area contributed by atoms with Gasteiger partial charge in [0.25, 0.3) is 0 Å². The number of β-amino-alcohol motifs (C(OH)–C–C–N with tert-alkyl or cyclic N) is 2. The number of benzene rings is 1. The third-order valence-corrected chi connectivity index (χ3v) is 4.77. The maximum atomic E-state index is 12.4. The molecular formula is C19H25N3O5. The number of hydrogen-bond acceptors (Lipinski definition) is 6. The number of rotatable bonds is 6. The molecule has 1 aliphatic heterocycles. The van der Waals surface area contributed by atoms with Gasteiger partial charge in [-0.15, -0.1) is 0 Å². The van der Waals surface area contributed by atoms with E-state index in [-0.39, 0.29) is 12.5 Å². The van der Waals surface area contributed by atoms with Crippen LogP contribution in [0.2, 0.25) is 0 Å². The third kappa shape index (κ3) is 4.85. The van der Waals surface area contributed by atoms with Crippen molar-refractivity contribution in [2.45, 2.75) is 31.1 Å². The van der Waals surface area contributed by atoms with E-state index in [1.165, 1.54) is 7.11 Å². The number of methoxy groups -OCH3 is 1. The highest BCUT2D eigenvalue weighted by Crippen LogP contribution is 2.19. The molecule has 0 bridgehead atoms. The number of esters is 1. The van der Waals surface area contributed by atoms with Crippen molar-refractivity contribution in [2.24, 2.45) is 0 Å². The lowest BCUT2D eigenvalue weighted by Gasteiger charge is -2.32. The van der Waals surface area contributed by atoms with Crippen molar-refractivity contribution in [3.63, 3.8) is 0 Å². The Morgan fingerprint density at radius 3 is 2.70 bits per heavy atom. The highest BCUT2D eigenvalue weighted by Gasteiger charge is 2.28. The summed E-state index contributed by atoms with van der Waals surface area (Å²) >= 11 is 0. The van der Waals surface area contributed by atoms with Gasteiger partial charge in [-0.3, -0.25) is 9.69 Å². The number of hydrogen-bond donors (Lipinski definition) is 4. The zero-order chi connectivity index (χ0) is 19.4. The van der Waals surface area contributed by atoms with Crippen LogP contribution in [0.25, 0.3) is 10.9 Å². The number of aromatic amines is 1. The second-order valence-corrected chi connectivity index (χ2v) is 6.94. The minimum Gasteiger partial charge on any atom is -0.467 e. The minimum absolute atomic E-state index is 0.00447. The molecular weight excluding hydrogens is 350 g/mol. The molecule has 3 rings (SSSR count). The van der Waals surface area contributed by atoms with Gasteiger partial charge in [0.15, 0.2) is 0 Å². The molecule has 1 aromatic carbocycles. The summed E-state index contributed by atoms with van der Waals surface area (Å²) in [5, 5.41) is 23.2. The average molecular weight is 375 g/mol. The summed E-state index contributed by atoms with van der Waals surface area (Å²) in [4.78, 5) is 29.4. The maximum Gasteiger partial charge on any atom is 0.328 e. The minimum atomic E-state index is -0.818. The average Bonchev–Trinajstić information content (AvgIpc) is 3.02. The predicted molar refractivity (Wildman–Crippen MR) is 99.0 cm³/mol. The van der Waals surface area contributed by atoms with Crippen LogP contribution in [-0.2, 0) is 20.7 Å². The first kappa shape index (κ1) is 19.3. The molecule has 0 radical (unpaired) electrons. The number of nitrogens with zero attached hydrogens (tertiary/aromatic N) is 1. The van der Waals surface area contributed by atoms with Crippen molar-refractivity contribution in [2.75, 3.05) is 26.7 Å². The number of H-pyrrole nitrogens is 1. The van der Waals surface area contributed by atoms with Gasteiger partial charge in [-0.25, -0.2) is 4.79 Å². The molecule has 8 nitrogen and oxygen atoms in total. The Labute approximate surface area is 157 Å². The smallest absolute Gasteiger partial charge is 0.328 e. The first-order chi connectivity index (χ1) is 13.0. The zero-order valence-corrected chi connectivity index (χ0v) is 15.2. The van der Waals surface area contributed by atoms with Crippen LogP contribution < -0.4 is 5.32 Å². The van der Waals surface area contributed by atoms with Crippen LogP contribution in [0, 0.1) is 0 Å². The van der Waals surface area contributed by atoms with E-state index < -0.39 is 24.2 Å². The summed E-state index contributed by atoms with van der Waals surface area (Å²) in [7, 11) is 1.29. The van der Waals surface area contributed by atoms with Crippen LogP contribution in [0.15, 0.2) is 30.5 Å². The van der Waals surface area contributed by atoms with E-state index in [9.17, 15) is 19.8 Å². The van der Waals surface area contributed by atoms with Crippen molar-refractivity contribution < 1.29 is 24.5 Å². The Balaban J connectivity index is 1.66. The molecule has 1 amide bonds. The summed E-state index contributed by atoms with van der Waals surface area (Å²) < 4.78 is 4.84. The van der Waals surface area contributed by atoms with E-state index in [1.807, 2.05) is 30.5 Å². The summed E-state index contributed by atoms with van der Waals surface area (Å²) in [5.41, 5.74) is 1.86. The fourth-order valence-corrected chi connectivity index (χ4v) is 3.56. The summed E-state index contributed by atoms with van der Waals surface area (Å²) in [6, 6.07) is 6.91.